The van der Waals surface area contributed by atoms with Gasteiger partial charge in [0, 0.05) is 19.3 Å². The lowest BCUT2D eigenvalue weighted by molar-refractivity contribution is -0.138. The van der Waals surface area contributed by atoms with Gasteiger partial charge in [-0.15, -0.1) is 0 Å². The van der Waals surface area contributed by atoms with Gasteiger partial charge in [-0.05, 0) is 42.3 Å². The minimum Gasteiger partial charge on any atom is -0.388 e. The second-order valence-corrected chi connectivity index (χ2v) is 7.92. The fourth-order valence-corrected chi connectivity index (χ4v) is 3.48. The smallest absolute Gasteiger partial charge is 0.388 e. The molecule has 174 valence electrons. The molecule has 10 heteroatoms. The minimum atomic E-state index is -4.47. The lowest BCUT2D eigenvalue weighted by Crippen LogP contribution is -2.26. The molecule has 0 aliphatic carbocycles. The van der Waals surface area contributed by atoms with Gasteiger partial charge >= 0.3 is 6.18 Å². The molecule has 0 saturated heterocycles. The summed E-state index contributed by atoms with van der Waals surface area (Å²) < 4.78 is 52.9. The monoisotopic (exact) mass is 499 g/mol. The molecule has 0 saturated carbocycles. The Hall–Kier alpha value is -2.68. The first kappa shape index (κ1) is 25.0. The van der Waals surface area contributed by atoms with Crippen molar-refractivity contribution >= 4 is 28.9 Å². The number of aromatic nitrogens is 1. The van der Waals surface area contributed by atoms with Crippen LogP contribution in [0.5, 0.6) is 0 Å². The molecule has 1 heterocycles. The minimum absolute atomic E-state index is 0.0106. The number of oxime groups is 1. The molecule has 0 aliphatic rings. The fourth-order valence-electron chi connectivity index (χ4n) is 2.99. The molecule has 1 N–H and O–H groups in total. The van der Waals surface area contributed by atoms with Crippen LogP contribution in [0.15, 0.2) is 65.9 Å². The van der Waals surface area contributed by atoms with Crippen molar-refractivity contribution in [2.24, 2.45) is 5.16 Å². The van der Waals surface area contributed by atoms with Crippen LogP contribution < -0.4 is 5.32 Å². The second-order valence-electron chi connectivity index (χ2n) is 7.08. The van der Waals surface area contributed by atoms with Crippen molar-refractivity contribution in [2.45, 2.75) is 25.7 Å². The van der Waals surface area contributed by atoms with E-state index < -0.39 is 17.8 Å². The van der Waals surface area contributed by atoms with Crippen LogP contribution in [0, 0.1) is 5.82 Å². The highest BCUT2D eigenvalue weighted by atomic mass is 35.5. The maximum Gasteiger partial charge on any atom is 0.416 e. The van der Waals surface area contributed by atoms with Crippen molar-refractivity contribution in [1.82, 2.24) is 10.3 Å². The van der Waals surface area contributed by atoms with E-state index in [2.05, 4.69) is 15.5 Å². The summed E-state index contributed by atoms with van der Waals surface area (Å²) in [4.78, 5) is 9.74. The molecule has 0 aliphatic heterocycles. The summed E-state index contributed by atoms with van der Waals surface area (Å²) in [7, 11) is 0. The number of alkyl halides is 3. The van der Waals surface area contributed by atoms with Crippen molar-refractivity contribution in [3.63, 3.8) is 0 Å². The Morgan fingerprint density at radius 1 is 1.12 bits per heavy atom. The Kier molecular flexibility index (Phi) is 8.29. The van der Waals surface area contributed by atoms with Crippen LogP contribution >= 0.6 is 23.2 Å². The maximum atomic E-state index is 13.3. The average molecular weight is 500 g/mol. The lowest BCUT2D eigenvalue weighted by atomic mass is 10.1. The molecule has 3 aromatic rings. The Labute approximate surface area is 198 Å². The number of hydrogen-bond donors (Lipinski definition) is 1. The third-order valence-electron chi connectivity index (χ3n) is 4.67. The number of rotatable bonds is 8. The standard InChI is InChI=1S/C23H19Cl2F4N3O/c1-14(15-6-8-18(26)9-7-15)33-32-21(22-20(25)10-17(24)12-31-22)13-30-11-16-4-2-3-5-19(16)23(27,28)29/h2-10,12,14,30H,11,13H2,1H3. The van der Waals surface area contributed by atoms with Gasteiger partial charge in [0.25, 0.3) is 0 Å². The van der Waals surface area contributed by atoms with E-state index in [0.29, 0.717) is 10.6 Å². The van der Waals surface area contributed by atoms with E-state index in [1.165, 1.54) is 42.6 Å². The highest BCUT2D eigenvalue weighted by Crippen LogP contribution is 2.31. The first-order valence-corrected chi connectivity index (χ1v) is 10.6. The topological polar surface area (TPSA) is 46.5 Å². The Morgan fingerprint density at radius 3 is 2.48 bits per heavy atom. The van der Waals surface area contributed by atoms with Crippen LogP contribution in [0.4, 0.5) is 17.6 Å². The normalized spacial score (nSPS) is 13.1. The largest absolute Gasteiger partial charge is 0.416 e. The molecule has 2 aromatic carbocycles. The van der Waals surface area contributed by atoms with Crippen molar-refractivity contribution in [3.05, 3.63) is 99.0 Å². The zero-order chi connectivity index (χ0) is 24.0. The van der Waals surface area contributed by atoms with Gasteiger partial charge in [-0.1, -0.05) is 58.7 Å². The fraction of sp³-hybridized carbons (Fsp3) is 0.217. The lowest BCUT2D eigenvalue weighted by Gasteiger charge is -2.15. The highest BCUT2D eigenvalue weighted by molar-refractivity contribution is 6.36. The molecule has 0 fully saturated rings. The van der Waals surface area contributed by atoms with E-state index in [1.807, 2.05) is 0 Å². The molecule has 1 atom stereocenters. The van der Waals surface area contributed by atoms with Crippen LogP contribution in [0.25, 0.3) is 0 Å². The summed E-state index contributed by atoms with van der Waals surface area (Å²) in [5, 5.41) is 7.59. The third-order valence-corrected chi connectivity index (χ3v) is 5.17. The Balaban J connectivity index is 1.79. The molecular formula is C23H19Cl2F4N3O. The molecule has 4 nitrogen and oxygen atoms in total. The van der Waals surface area contributed by atoms with Crippen LogP contribution in [0.1, 0.15) is 35.4 Å². The van der Waals surface area contributed by atoms with Crippen LogP contribution in [-0.4, -0.2) is 17.2 Å². The second kappa shape index (κ2) is 11.0. The van der Waals surface area contributed by atoms with E-state index in [1.54, 1.807) is 19.1 Å². The average Bonchev–Trinajstić information content (AvgIpc) is 2.76. The molecule has 0 spiro atoms. The van der Waals surface area contributed by atoms with Gasteiger partial charge < -0.3 is 10.2 Å². The Bertz CT molecular complexity index is 1120. The maximum absolute atomic E-state index is 13.3. The summed E-state index contributed by atoms with van der Waals surface area (Å²) in [6.45, 7) is 1.66. The van der Waals surface area contributed by atoms with E-state index >= 15 is 0 Å². The van der Waals surface area contributed by atoms with Gasteiger partial charge in [-0.2, -0.15) is 13.2 Å². The van der Waals surface area contributed by atoms with Gasteiger partial charge in [0.1, 0.15) is 23.3 Å². The van der Waals surface area contributed by atoms with Gasteiger partial charge in [-0.25, -0.2) is 4.39 Å². The number of nitrogens with one attached hydrogen (secondary N) is 1. The summed E-state index contributed by atoms with van der Waals surface area (Å²) in [6.07, 6.45) is -3.62. The van der Waals surface area contributed by atoms with Crippen LogP contribution in [0.2, 0.25) is 10.0 Å². The molecule has 1 unspecified atom stereocenters. The third kappa shape index (κ3) is 6.90. The van der Waals surface area contributed by atoms with Gasteiger partial charge in [-0.3, -0.25) is 4.98 Å². The SMILES string of the molecule is CC(ON=C(CNCc1ccccc1C(F)(F)F)c1ncc(Cl)cc1Cl)c1ccc(F)cc1. The van der Waals surface area contributed by atoms with Gasteiger partial charge in [0.2, 0.25) is 0 Å². The molecule has 3 rings (SSSR count). The molecule has 33 heavy (non-hydrogen) atoms. The first-order chi connectivity index (χ1) is 15.6. The molecule has 1 aromatic heterocycles. The highest BCUT2D eigenvalue weighted by Gasteiger charge is 2.32. The number of halogens is 6. The summed E-state index contributed by atoms with van der Waals surface area (Å²) in [5.41, 5.74) is 0.570. The quantitative estimate of drug-likeness (QED) is 0.210. The van der Waals surface area contributed by atoms with Crippen LogP contribution in [0.3, 0.4) is 0 Å². The van der Waals surface area contributed by atoms with E-state index in [9.17, 15) is 17.6 Å². The first-order valence-electron chi connectivity index (χ1n) is 9.80. The summed E-state index contributed by atoms with van der Waals surface area (Å²) in [6, 6.07) is 12.5. The predicted molar refractivity (Wildman–Crippen MR) is 120 cm³/mol. The number of pyridine rings is 1. The van der Waals surface area contributed by atoms with Crippen molar-refractivity contribution < 1.29 is 22.4 Å². The molecule has 0 bridgehead atoms. The Morgan fingerprint density at radius 2 is 1.82 bits per heavy atom. The molecular weight excluding hydrogens is 481 g/mol. The number of benzene rings is 2. The summed E-state index contributed by atoms with van der Waals surface area (Å²) in [5.74, 6) is -0.379. The van der Waals surface area contributed by atoms with E-state index in [4.69, 9.17) is 28.0 Å². The van der Waals surface area contributed by atoms with Gasteiger partial charge in [0.05, 0.1) is 15.6 Å². The number of hydrogen-bond acceptors (Lipinski definition) is 4. The molecule has 0 amide bonds. The zero-order valence-electron chi connectivity index (χ0n) is 17.3. The van der Waals surface area contributed by atoms with Crippen LogP contribution in [-0.2, 0) is 17.6 Å². The van der Waals surface area contributed by atoms with Crippen molar-refractivity contribution in [3.8, 4) is 0 Å². The predicted octanol–water partition coefficient (Wildman–Crippen LogP) is 6.82. The van der Waals surface area contributed by atoms with Crippen molar-refractivity contribution in [1.29, 1.82) is 0 Å². The van der Waals surface area contributed by atoms with Crippen molar-refractivity contribution in [2.75, 3.05) is 6.54 Å². The van der Waals surface area contributed by atoms with Gasteiger partial charge in [0.15, 0.2) is 0 Å². The van der Waals surface area contributed by atoms with E-state index in [0.717, 1.165) is 6.07 Å². The number of nitrogens with zero attached hydrogens (tertiary/aromatic N) is 2. The summed E-state index contributed by atoms with van der Waals surface area (Å²) >= 11 is 12.2. The molecule has 0 radical (unpaired) electrons. The van der Waals surface area contributed by atoms with E-state index in [-0.39, 0.29) is 40.9 Å². The zero-order valence-corrected chi connectivity index (χ0v) is 18.8.